The number of hydrogen-bond acceptors (Lipinski definition) is 2. The Morgan fingerprint density at radius 2 is 2.25 bits per heavy atom. The van der Waals surface area contributed by atoms with Crippen LogP contribution in [0.25, 0.3) is 0 Å². The van der Waals surface area contributed by atoms with E-state index in [-0.39, 0.29) is 0 Å². The van der Waals surface area contributed by atoms with Crippen molar-refractivity contribution in [2.24, 2.45) is 0 Å². The Bertz CT molecular complexity index is 350. The molecule has 0 spiro atoms. The molecule has 1 aromatic rings. The van der Waals surface area contributed by atoms with Gasteiger partial charge in [-0.05, 0) is 43.9 Å². The van der Waals surface area contributed by atoms with Gasteiger partial charge >= 0.3 is 0 Å². The Hall–Kier alpha value is -0.890. The van der Waals surface area contributed by atoms with Crippen LogP contribution >= 0.6 is 11.6 Å². The molecule has 1 N–H and O–H groups in total. The summed E-state index contributed by atoms with van der Waals surface area (Å²) in [7, 11) is 0. The lowest BCUT2D eigenvalue weighted by Gasteiger charge is -2.28. The number of ether oxygens (including phenoxy) is 1. The molecule has 3 heteroatoms. The fraction of sp³-hybridized carbons (Fsp3) is 0.538. The Morgan fingerprint density at radius 1 is 1.44 bits per heavy atom. The second-order valence-electron chi connectivity index (χ2n) is 4.26. The zero-order chi connectivity index (χ0) is 11.4. The number of anilines is 1. The van der Waals surface area contributed by atoms with Crippen molar-refractivity contribution in [1.29, 1.82) is 0 Å². The van der Waals surface area contributed by atoms with Gasteiger partial charge in [0.1, 0.15) is 5.75 Å². The summed E-state index contributed by atoms with van der Waals surface area (Å²) in [5.41, 5.74) is 1.03. The lowest BCUT2D eigenvalue weighted by atomic mass is 9.93. The molecule has 0 radical (unpaired) electrons. The van der Waals surface area contributed by atoms with Crippen LogP contribution in [0.3, 0.4) is 0 Å². The molecule has 2 rings (SSSR count). The number of benzene rings is 1. The van der Waals surface area contributed by atoms with Crippen molar-refractivity contribution in [2.75, 3.05) is 11.9 Å². The molecule has 88 valence electrons. The van der Waals surface area contributed by atoms with E-state index in [4.69, 9.17) is 16.3 Å². The van der Waals surface area contributed by atoms with Gasteiger partial charge in [0.05, 0.1) is 12.3 Å². The van der Waals surface area contributed by atoms with Gasteiger partial charge in [0.25, 0.3) is 0 Å². The molecule has 1 saturated carbocycles. The van der Waals surface area contributed by atoms with Gasteiger partial charge in [-0.25, -0.2) is 0 Å². The fourth-order valence-corrected chi connectivity index (χ4v) is 1.90. The molecule has 0 aromatic heterocycles. The number of hydrogen-bond donors (Lipinski definition) is 1. The van der Waals surface area contributed by atoms with E-state index >= 15 is 0 Å². The van der Waals surface area contributed by atoms with Gasteiger partial charge in [-0.3, -0.25) is 0 Å². The molecule has 1 aromatic carbocycles. The van der Waals surface area contributed by atoms with Crippen LogP contribution in [0.4, 0.5) is 5.69 Å². The third-order valence-electron chi connectivity index (χ3n) is 2.87. The number of rotatable bonds is 5. The summed E-state index contributed by atoms with van der Waals surface area (Å²) in [5, 5.41) is 4.24. The summed E-state index contributed by atoms with van der Waals surface area (Å²) in [5.74, 6) is 0.915. The van der Waals surface area contributed by atoms with Crippen molar-refractivity contribution in [1.82, 2.24) is 0 Å². The van der Waals surface area contributed by atoms with Crippen LogP contribution in [-0.4, -0.2) is 12.6 Å². The molecule has 0 bridgehead atoms. The molecule has 1 aliphatic rings. The van der Waals surface area contributed by atoms with Crippen LogP contribution in [0, 0.1) is 0 Å². The molecule has 1 fully saturated rings. The fourth-order valence-electron chi connectivity index (χ4n) is 1.73. The van der Waals surface area contributed by atoms with Gasteiger partial charge in [0, 0.05) is 11.1 Å². The van der Waals surface area contributed by atoms with Crippen molar-refractivity contribution in [3.8, 4) is 5.75 Å². The molecule has 0 heterocycles. The maximum absolute atomic E-state index is 6.00. The first-order valence-electron chi connectivity index (χ1n) is 5.98. The minimum Gasteiger partial charge on any atom is -0.491 e. The predicted molar refractivity (Wildman–Crippen MR) is 68.5 cm³/mol. The van der Waals surface area contributed by atoms with E-state index in [1.807, 2.05) is 18.2 Å². The first-order chi connectivity index (χ1) is 7.79. The molecule has 1 aliphatic carbocycles. The summed E-state index contributed by atoms with van der Waals surface area (Å²) < 4.78 is 5.69. The van der Waals surface area contributed by atoms with Gasteiger partial charge in [-0.15, -0.1) is 0 Å². The van der Waals surface area contributed by atoms with Crippen LogP contribution in [0.2, 0.25) is 5.02 Å². The van der Waals surface area contributed by atoms with Gasteiger partial charge in [-0.1, -0.05) is 18.5 Å². The average molecular weight is 240 g/mol. The van der Waals surface area contributed by atoms with Crippen molar-refractivity contribution >= 4 is 17.3 Å². The first-order valence-corrected chi connectivity index (χ1v) is 6.36. The Kier molecular flexibility index (Phi) is 3.94. The van der Waals surface area contributed by atoms with Gasteiger partial charge in [0.2, 0.25) is 0 Å². The summed E-state index contributed by atoms with van der Waals surface area (Å²) in [6, 6.07) is 6.37. The molecule has 0 saturated heterocycles. The zero-order valence-corrected chi connectivity index (χ0v) is 10.4. The van der Waals surface area contributed by atoms with E-state index in [0.29, 0.717) is 6.04 Å². The predicted octanol–water partition coefficient (Wildman–Crippen LogP) is 4.09. The van der Waals surface area contributed by atoms with Crippen molar-refractivity contribution in [3.63, 3.8) is 0 Å². The Balaban J connectivity index is 2.07. The number of halogens is 1. The summed E-state index contributed by atoms with van der Waals surface area (Å²) >= 11 is 6.00. The lowest BCUT2D eigenvalue weighted by molar-refractivity contribution is 0.317. The molecule has 0 amide bonds. The highest BCUT2D eigenvalue weighted by molar-refractivity contribution is 6.30. The van der Waals surface area contributed by atoms with E-state index in [0.717, 1.165) is 29.5 Å². The van der Waals surface area contributed by atoms with Gasteiger partial charge in [0.15, 0.2) is 0 Å². The van der Waals surface area contributed by atoms with E-state index < -0.39 is 0 Å². The topological polar surface area (TPSA) is 21.3 Å². The Labute approximate surface area is 102 Å². The van der Waals surface area contributed by atoms with Crippen molar-refractivity contribution in [3.05, 3.63) is 23.2 Å². The smallest absolute Gasteiger partial charge is 0.142 e. The summed E-state index contributed by atoms with van der Waals surface area (Å²) in [6.45, 7) is 2.86. The van der Waals surface area contributed by atoms with E-state index in [1.54, 1.807) is 0 Å². The summed E-state index contributed by atoms with van der Waals surface area (Å²) in [4.78, 5) is 0. The lowest BCUT2D eigenvalue weighted by Crippen LogP contribution is -2.27. The highest BCUT2D eigenvalue weighted by Gasteiger charge is 2.18. The highest BCUT2D eigenvalue weighted by atomic mass is 35.5. The third-order valence-corrected chi connectivity index (χ3v) is 3.10. The van der Waals surface area contributed by atoms with Crippen molar-refractivity contribution in [2.45, 2.75) is 38.6 Å². The van der Waals surface area contributed by atoms with Gasteiger partial charge in [-0.2, -0.15) is 0 Å². The first kappa shape index (κ1) is 11.6. The molecular weight excluding hydrogens is 222 g/mol. The molecule has 0 atom stereocenters. The Morgan fingerprint density at radius 3 is 2.88 bits per heavy atom. The molecule has 0 aliphatic heterocycles. The van der Waals surface area contributed by atoms with E-state index in [2.05, 4.69) is 12.2 Å². The SMILES string of the molecule is CCCOc1ccc(Cl)cc1NC1CCC1. The zero-order valence-electron chi connectivity index (χ0n) is 9.63. The largest absolute Gasteiger partial charge is 0.491 e. The third kappa shape index (κ3) is 2.82. The molecule has 16 heavy (non-hydrogen) atoms. The van der Waals surface area contributed by atoms with E-state index in [1.165, 1.54) is 19.3 Å². The second-order valence-corrected chi connectivity index (χ2v) is 4.70. The van der Waals surface area contributed by atoms with E-state index in [9.17, 15) is 0 Å². The maximum atomic E-state index is 6.00. The number of nitrogens with one attached hydrogen (secondary N) is 1. The molecular formula is C13H18ClNO. The highest BCUT2D eigenvalue weighted by Crippen LogP contribution is 2.32. The van der Waals surface area contributed by atoms with Crippen LogP contribution in [0.5, 0.6) is 5.75 Å². The van der Waals surface area contributed by atoms with Crippen LogP contribution in [-0.2, 0) is 0 Å². The van der Waals surface area contributed by atoms with Gasteiger partial charge < -0.3 is 10.1 Å². The maximum Gasteiger partial charge on any atom is 0.142 e. The minimum atomic E-state index is 0.599. The van der Waals surface area contributed by atoms with Crippen LogP contribution in [0.1, 0.15) is 32.6 Å². The minimum absolute atomic E-state index is 0.599. The monoisotopic (exact) mass is 239 g/mol. The van der Waals surface area contributed by atoms with Crippen LogP contribution < -0.4 is 10.1 Å². The standard InChI is InChI=1S/C13H18ClNO/c1-2-8-16-13-7-6-10(14)9-12(13)15-11-4-3-5-11/h6-7,9,11,15H,2-5,8H2,1H3. The average Bonchev–Trinajstić information content (AvgIpc) is 2.22. The summed E-state index contributed by atoms with van der Waals surface area (Å²) in [6.07, 6.45) is 4.84. The second kappa shape index (κ2) is 5.44. The normalized spacial score (nSPS) is 15.6. The molecule has 2 nitrogen and oxygen atoms in total. The quantitative estimate of drug-likeness (QED) is 0.836. The van der Waals surface area contributed by atoms with Crippen molar-refractivity contribution < 1.29 is 4.74 Å². The molecule has 0 unspecified atom stereocenters. The van der Waals surface area contributed by atoms with Crippen LogP contribution in [0.15, 0.2) is 18.2 Å².